The molecule has 220 valence electrons. The fourth-order valence-corrected chi connectivity index (χ4v) is 6.01. The SMILES string of the molecule is COc1ccc(S(=O)(=O)N(CC(=O)N(Cc2c(Cl)cccc2Cl)[C@H](C)C(=O)NC(C)C)c2ccccc2OC)cc1. The van der Waals surface area contributed by atoms with E-state index in [0.29, 0.717) is 21.4 Å². The summed E-state index contributed by atoms with van der Waals surface area (Å²) in [6.45, 7) is 4.38. The summed E-state index contributed by atoms with van der Waals surface area (Å²) in [5.41, 5.74) is 0.574. The first kappa shape index (κ1) is 32.0. The van der Waals surface area contributed by atoms with Crippen LogP contribution in [0.2, 0.25) is 10.0 Å². The van der Waals surface area contributed by atoms with E-state index in [0.717, 1.165) is 4.31 Å². The second-order valence-electron chi connectivity index (χ2n) is 9.42. The van der Waals surface area contributed by atoms with Crippen molar-refractivity contribution in [1.82, 2.24) is 10.2 Å². The first-order chi connectivity index (χ1) is 19.4. The van der Waals surface area contributed by atoms with Crippen molar-refractivity contribution in [3.05, 3.63) is 82.3 Å². The maximum atomic E-state index is 14.1. The molecule has 1 N–H and O–H groups in total. The highest BCUT2D eigenvalue weighted by Crippen LogP contribution is 2.33. The van der Waals surface area contributed by atoms with Crippen LogP contribution in [0.3, 0.4) is 0 Å². The van der Waals surface area contributed by atoms with Gasteiger partial charge in [0.15, 0.2) is 0 Å². The molecule has 0 unspecified atom stereocenters. The van der Waals surface area contributed by atoms with Gasteiger partial charge in [0, 0.05) is 28.2 Å². The number of anilines is 1. The van der Waals surface area contributed by atoms with Crippen LogP contribution in [-0.4, -0.2) is 58.0 Å². The molecular weight excluding hydrogens is 589 g/mol. The summed E-state index contributed by atoms with van der Waals surface area (Å²) in [5, 5.41) is 3.41. The van der Waals surface area contributed by atoms with Crippen molar-refractivity contribution in [2.45, 2.75) is 44.3 Å². The third-order valence-electron chi connectivity index (χ3n) is 6.27. The lowest BCUT2D eigenvalue weighted by Crippen LogP contribution is -2.52. The van der Waals surface area contributed by atoms with Gasteiger partial charge < -0.3 is 19.7 Å². The van der Waals surface area contributed by atoms with Crippen LogP contribution in [0.25, 0.3) is 0 Å². The molecule has 41 heavy (non-hydrogen) atoms. The number of ether oxygens (including phenoxy) is 2. The quantitative estimate of drug-likeness (QED) is 0.300. The molecule has 0 aliphatic heterocycles. The van der Waals surface area contributed by atoms with Crippen LogP contribution < -0.4 is 19.1 Å². The number of nitrogens with zero attached hydrogens (tertiary/aromatic N) is 2. The molecular formula is C29H33Cl2N3O6S. The summed E-state index contributed by atoms with van der Waals surface area (Å²) in [5.74, 6) is -0.367. The van der Waals surface area contributed by atoms with Gasteiger partial charge in [-0.05, 0) is 69.3 Å². The molecule has 3 rings (SSSR count). The van der Waals surface area contributed by atoms with Crippen molar-refractivity contribution in [2.75, 3.05) is 25.1 Å². The van der Waals surface area contributed by atoms with E-state index in [1.807, 2.05) is 0 Å². The number of hydrogen-bond acceptors (Lipinski definition) is 6. The summed E-state index contributed by atoms with van der Waals surface area (Å²) in [4.78, 5) is 28.3. The molecule has 0 bridgehead atoms. The van der Waals surface area contributed by atoms with Gasteiger partial charge in [-0.15, -0.1) is 0 Å². The fourth-order valence-electron chi connectivity index (χ4n) is 4.07. The maximum Gasteiger partial charge on any atom is 0.264 e. The van der Waals surface area contributed by atoms with E-state index < -0.39 is 34.4 Å². The number of halogens is 2. The molecule has 9 nitrogen and oxygen atoms in total. The highest BCUT2D eigenvalue weighted by molar-refractivity contribution is 7.92. The van der Waals surface area contributed by atoms with Crippen LogP contribution in [0.4, 0.5) is 5.69 Å². The molecule has 1 atom stereocenters. The first-order valence-corrected chi connectivity index (χ1v) is 14.9. The zero-order valence-corrected chi connectivity index (χ0v) is 25.8. The van der Waals surface area contributed by atoms with E-state index in [9.17, 15) is 18.0 Å². The van der Waals surface area contributed by atoms with Gasteiger partial charge in [0.25, 0.3) is 10.0 Å². The van der Waals surface area contributed by atoms with E-state index in [-0.39, 0.29) is 28.9 Å². The van der Waals surface area contributed by atoms with Gasteiger partial charge in [-0.25, -0.2) is 8.42 Å². The Balaban J connectivity index is 2.11. The third kappa shape index (κ3) is 7.63. The number of amides is 2. The molecule has 0 aliphatic carbocycles. The minimum Gasteiger partial charge on any atom is -0.497 e. The normalized spacial score (nSPS) is 12.0. The molecule has 0 heterocycles. The highest BCUT2D eigenvalue weighted by atomic mass is 35.5. The average molecular weight is 623 g/mol. The molecule has 3 aromatic rings. The average Bonchev–Trinajstić information content (AvgIpc) is 2.94. The molecule has 0 spiro atoms. The number of rotatable bonds is 12. The number of benzene rings is 3. The second-order valence-corrected chi connectivity index (χ2v) is 12.1. The second kappa shape index (κ2) is 13.9. The predicted octanol–water partition coefficient (Wildman–Crippen LogP) is 5.15. The van der Waals surface area contributed by atoms with E-state index in [2.05, 4.69) is 5.32 Å². The van der Waals surface area contributed by atoms with Gasteiger partial charge >= 0.3 is 0 Å². The summed E-state index contributed by atoms with van der Waals surface area (Å²) < 4.78 is 39.6. The van der Waals surface area contributed by atoms with Gasteiger partial charge in [-0.1, -0.05) is 41.4 Å². The molecule has 0 fully saturated rings. The van der Waals surface area contributed by atoms with Crippen LogP contribution in [0, 0.1) is 0 Å². The third-order valence-corrected chi connectivity index (χ3v) is 8.75. The number of methoxy groups -OCH3 is 2. The van der Waals surface area contributed by atoms with Gasteiger partial charge in [-0.2, -0.15) is 0 Å². The van der Waals surface area contributed by atoms with Gasteiger partial charge in [-0.3, -0.25) is 13.9 Å². The highest BCUT2D eigenvalue weighted by Gasteiger charge is 2.34. The molecule has 0 radical (unpaired) electrons. The Morgan fingerprint density at radius 1 is 0.878 bits per heavy atom. The number of hydrogen-bond donors (Lipinski definition) is 1. The van der Waals surface area contributed by atoms with Crippen molar-refractivity contribution in [1.29, 1.82) is 0 Å². The largest absolute Gasteiger partial charge is 0.497 e. The maximum absolute atomic E-state index is 14.1. The lowest BCUT2D eigenvalue weighted by Gasteiger charge is -2.33. The molecule has 0 saturated carbocycles. The zero-order valence-electron chi connectivity index (χ0n) is 23.4. The monoisotopic (exact) mass is 621 g/mol. The summed E-state index contributed by atoms with van der Waals surface area (Å²) in [6, 6.07) is 16.0. The Labute approximate surface area is 251 Å². The Bertz CT molecular complexity index is 1460. The van der Waals surface area contributed by atoms with Gasteiger partial charge in [0.1, 0.15) is 24.1 Å². The summed E-state index contributed by atoms with van der Waals surface area (Å²) in [7, 11) is -1.42. The van der Waals surface area contributed by atoms with Crippen LogP contribution >= 0.6 is 23.2 Å². The molecule has 0 aliphatic rings. The van der Waals surface area contributed by atoms with Gasteiger partial charge in [0.2, 0.25) is 11.8 Å². The molecule has 2 amide bonds. The van der Waals surface area contributed by atoms with Gasteiger partial charge in [0.05, 0.1) is 24.8 Å². The minimum atomic E-state index is -4.30. The van der Waals surface area contributed by atoms with Crippen molar-refractivity contribution in [3.8, 4) is 11.5 Å². The molecule has 0 aromatic heterocycles. The van der Waals surface area contributed by atoms with Crippen LogP contribution in [0.1, 0.15) is 26.3 Å². The van der Waals surface area contributed by atoms with E-state index in [1.165, 1.54) is 49.5 Å². The number of sulfonamides is 1. The lowest BCUT2D eigenvalue weighted by atomic mass is 10.1. The fraction of sp³-hybridized carbons (Fsp3) is 0.310. The van der Waals surface area contributed by atoms with E-state index in [1.54, 1.807) is 57.2 Å². The smallest absolute Gasteiger partial charge is 0.264 e. The molecule has 0 saturated heterocycles. The molecule has 12 heteroatoms. The number of nitrogens with one attached hydrogen (secondary N) is 1. The number of carbonyl (C=O) groups excluding carboxylic acids is 2. The van der Waals surface area contributed by atoms with Crippen molar-refractivity contribution >= 4 is 50.7 Å². The van der Waals surface area contributed by atoms with Crippen molar-refractivity contribution in [3.63, 3.8) is 0 Å². The summed E-state index contributed by atoms with van der Waals surface area (Å²) in [6.07, 6.45) is 0. The number of para-hydroxylation sites is 2. The lowest BCUT2D eigenvalue weighted by molar-refractivity contribution is -0.139. The van der Waals surface area contributed by atoms with Crippen molar-refractivity contribution < 1.29 is 27.5 Å². The predicted molar refractivity (Wildman–Crippen MR) is 160 cm³/mol. The Morgan fingerprint density at radius 2 is 1.49 bits per heavy atom. The topological polar surface area (TPSA) is 105 Å². The Hall–Kier alpha value is -3.47. The summed E-state index contributed by atoms with van der Waals surface area (Å²) >= 11 is 12.8. The van der Waals surface area contributed by atoms with Crippen molar-refractivity contribution in [2.24, 2.45) is 0 Å². The van der Waals surface area contributed by atoms with Crippen LogP contribution in [0.5, 0.6) is 11.5 Å². The van der Waals surface area contributed by atoms with Crippen LogP contribution in [0.15, 0.2) is 71.6 Å². The zero-order chi connectivity index (χ0) is 30.3. The Morgan fingerprint density at radius 3 is 2.05 bits per heavy atom. The molecule has 3 aromatic carbocycles. The Kier molecular flexibility index (Phi) is 10.9. The minimum absolute atomic E-state index is 0.0664. The standard InChI is InChI=1S/C29H33Cl2N3O6S/c1-19(2)32-29(36)20(3)33(17-23-24(30)9-8-10-25(23)31)28(35)18-34(26-11-6-7-12-27(26)40-5)41(37,38)22-15-13-21(39-4)14-16-22/h6-16,19-20H,17-18H2,1-5H3,(H,32,36)/t20-/m1/s1. The van der Waals surface area contributed by atoms with Crippen LogP contribution in [-0.2, 0) is 26.2 Å². The first-order valence-electron chi connectivity index (χ1n) is 12.7. The van der Waals surface area contributed by atoms with E-state index >= 15 is 0 Å². The van der Waals surface area contributed by atoms with E-state index in [4.69, 9.17) is 32.7 Å². The number of carbonyl (C=O) groups is 2.